The second-order valence-corrected chi connectivity index (χ2v) is 7.01. The molecule has 136 valence electrons. The second-order valence-electron chi connectivity index (χ2n) is 7.01. The lowest BCUT2D eigenvalue weighted by Crippen LogP contribution is -2.33. The van der Waals surface area contributed by atoms with Gasteiger partial charge >= 0.3 is 0 Å². The summed E-state index contributed by atoms with van der Waals surface area (Å²) in [6, 6.07) is 10.6. The van der Waals surface area contributed by atoms with Gasteiger partial charge in [-0.2, -0.15) is 10.2 Å². The summed E-state index contributed by atoms with van der Waals surface area (Å²) >= 11 is 0. The molecule has 0 radical (unpaired) electrons. The van der Waals surface area contributed by atoms with Crippen molar-refractivity contribution in [2.75, 3.05) is 13.1 Å². The average Bonchev–Trinajstić information content (AvgIpc) is 3.32. The number of aromatic amines is 1. The summed E-state index contributed by atoms with van der Waals surface area (Å²) < 4.78 is 1.99. The first kappa shape index (κ1) is 17.0. The van der Waals surface area contributed by atoms with Crippen molar-refractivity contribution in [3.8, 4) is 0 Å². The van der Waals surface area contributed by atoms with Gasteiger partial charge in [-0.1, -0.05) is 30.3 Å². The molecular formula is C20H26N6. The molecule has 0 atom stereocenters. The van der Waals surface area contributed by atoms with E-state index in [0.717, 1.165) is 51.3 Å². The summed E-state index contributed by atoms with van der Waals surface area (Å²) in [5, 5.41) is 11.9. The molecule has 0 saturated carbocycles. The van der Waals surface area contributed by atoms with Crippen molar-refractivity contribution in [2.45, 2.75) is 45.2 Å². The minimum absolute atomic E-state index is 0.566. The van der Waals surface area contributed by atoms with E-state index in [1.807, 2.05) is 10.9 Å². The van der Waals surface area contributed by atoms with Gasteiger partial charge in [0.05, 0.1) is 12.7 Å². The van der Waals surface area contributed by atoms with E-state index in [2.05, 4.69) is 62.4 Å². The molecule has 2 aromatic heterocycles. The van der Waals surface area contributed by atoms with Crippen molar-refractivity contribution in [3.05, 3.63) is 65.5 Å². The number of benzene rings is 1. The first-order valence-corrected chi connectivity index (χ1v) is 9.48. The fourth-order valence-corrected chi connectivity index (χ4v) is 3.89. The maximum absolute atomic E-state index is 4.41. The van der Waals surface area contributed by atoms with E-state index in [0.29, 0.717) is 5.92 Å². The number of hydrogen-bond acceptors (Lipinski definition) is 4. The molecule has 0 unspecified atom stereocenters. The monoisotopic (exact) mass is 350 g/mol. The van der Waals surface area contributed by atoms with Gasteiger partial charge in [0.25, 0.3) is 0 Å². The summed E-state index contributed by atoms with van der Waals surface area (Å²) in [6.07, 6.45) is 6.92. The molecule has 0 aliphatic carbocycles. The van der Waals surface area contributed by atoms with Crippen LogP contribution in [0.15, 0.2) is 42.9 Å². The molecule has 6 nitrogen and oxygen atoms in total. The molecular weight excluding hydrogens is 324 g/mol. The Balaban J connectivity index is 1.37. The van der Waals surface area contributed by atoms with Crippen molar-refractivity contribution in [3.63, 3.8) is 0 Å². The van der Waals surface area contributed by atoms with E-state index in [-0.39, 0.29) is 0 Å². The summed E-state index contributed by atoms with van der Waals surface area (Å²) in [5.74, 6) is 1.63. The van der Waals surface area contributed by atoms with E-state index in [4.69, 9.17) is 0 Å². The van der Waals surface area contributed by atoms with E-state index < -0.39 is 0 Å². The van der Waals surface area contributed by atoms with Crippen LogP contribution in [0, 0.1) is 0 Å². The average molecular weight is 350 g/mol. The molecule has 0 amide bonds. The summed E-state index contributed by atoms with van der Waals surface area (Å²) in [5.41, 5.74) is 4.00. The zero-order valence-electron chi connectivity index (χ0n) is 15.3. The number of H-pyrrole nitrogens is 1. The predicted molar refractivity (Wildman–Crippen MR) is 101 cm³/mol. The van der Waals surface area contributed by atoms with E-state index in [1.165, 1.54) is 16.8 Å². The van der Waals surface area contributed by atoms with Crippen LogP contribution < -0.4 is 0 Å². The van der Waals surface area contributed by atoms with Gasteiger partial charge in [-0.3, -0.25) is 10.00 Å². The maximum Gasteiger partial charge on any atom is 0.140 e. The van der Waals surface area contributed by atoms with Crippen molar-refractivity contribution < 1.29 is 0 Å². The fraction of sp³-hybridized carbons (Fsp3) is 0.450. The van der Waals surface area contributed by atoms with Crippen LogP contribution in [0.25, 0.3) is 0 Å². The van der Waals surface area contributed by atoms with Crippen LogP contribution >= 0.6 is 0 Å². The molecule has 4 rings (SSSR count). The standard InChI is InChI=1S/C20H26N6/c1-2-26-19(21-15-23-26)14-25-10-8-17(9-11-25)20-18(13-22-24-20)12-16-6-4-3-5-7-16/h3-7,13,15,17H,2,8-12,14H2,1H3,(H,22,24). The molecule has 1 saturated heterocycles. The Labute approximate surface area is 154 Å². The highest BCUT2D eigenvalue weighted by Crippen LogP contribution is 2.30. The summed E-state index contributed by atoms with van der Waals surface area (Å²) in [4.78, 5) is 6.89. The van der Waals surface area contributed by atoms with Crippen LogP contribution in [-0.4, -0.2) is 43.0 Å². The zero-order chi connectivity index (χ0) is 17.8. The van der Waals surface area contributed by atoms with Gasteiger partial charge < -0.3 is 0 Å². The van der Waals surface area contributed by atoms with Gasteiger partial charge in [0.15, 0.2) is 0 Å². The second kappa shape index (κ2) is 7.83. The van der Waals surface area contributed by atoms with Crippen LogP contribution in [0.5, 0.6) is 0 Å². The Morgan fingerprint density at radius 1 is 1.15 bits per heavy atom. The van der Waals surface area contributed by atoms with Gasteiger partial charge in [0, 0.05) is 24.6 Å². The Bertz CT molecular complexity index is 814. The molecule has 1 fully saturated rings. The smallest absolute Gasteiger partial charge is 0.140 e. The molecule has 3 aromatic rings. The van der Waals surface area contributed by atoms with Crippen LogP contribution in [0.1, 0.15) is 48.3 Å². The third-order valence-electron chi connectivity index (χ3n) is 5.34. The molecule has 0 bridgehead atoms. The van der Waals surface area contributed by atoms with Gasteiger partial charge in [-0.25, -0.2) is 9.67 Å². The molecule has 1 aliphatic heterocycles. The number of nitrogens with one attached hydrogen (secondary N) is 1. The number of aromatic nitrogens is 5. The van der Waals surface area contributed by atoms with E-state index >= 15 is 0 Å². The molecule has 1 aliphatic rings. The Morgan fingerprint density at radius 2 is 1.96 bits per heavy atom. The first-order valence-electron chi connectivity index (χ1n) is 9.48. The van der Waals surface area contributed by atoms with E-state index in [9.17, 15) is 0 Å². The summed E-state index contributed by atoms with van der Waals surface area (Å²) in [7, 11) is 0. The van der Waals surface area contributed by atoms with Crippen LogP contribution in [-0.2, 0) is 19.5 Å². The third kappa shape index (κ3) is 3.70. The van der Waals surface area contributed by atoms with Crippen molar-refractivity contribution in [2.24, 2.45) is 0 Å². The van der Waals surface area contributed by atoms with Crippen molar-refractivity contribution in [1.82, 2.24) is 29.9 Å². The van der Waals surface area contributed by atoms with Gasteiger partial charge in [0.1, 0.15) is 12.2 Å². The number of aryl methyl sites for hydroxylation is 1. The lowest BCUT2D eigenvalue weighted by atomic mass is 9.90. The quantitative estimate of drug-likeness (QED) is 0.742. The number of likely N-dealkylation sites (tertiary alicyclic amines) is 1. The fourth-order valence-electron chi connectivity index (χ4n) is 3.89. The highest BCUT2D eigenvalue weighted by atomic mass is 15.3. The van der Waals surface area contributed by atoms with Gasteiger partial charge in [0.2, 0.25) is 0 Å². The van der Waals surface area contributed by atoms with Gasteiger partial charge in [-0.15, -0.1) is 0 Å². The zero-order valence-corrected chi connectivity index (χ0v) is 15.3. The van der Waals surface area contributed by atoms with Gasteiger partial charge in [-0.05, 0) is 44.0 Å². The minimum atomic E-state index is 0.566. The molecule has 6 heteroatoms. The maximum atomic E-state index is 4.41. The van der Waals surface area contributed by atoms with E-state index in [1.54, 1.807) is 6.33 Å². The molecule has 1 N–H and O–H groups in total. The summed E-state index contributed by atoms with van der Waals surface area (Å²) in [6.45, 7) is 6.05. The van der Waals surface area contributed by atoms with Crippen molar-refractivity contribution >= 4 is 0 Å². The SMILES string of the molecule is CCn1ncnc1CN1CCC(c2[nH]ncc2Cc2ccccc2)CC1. The lowest BCUT2D eigenvalue weighted by Gasteiger charge is -2.31. The van der Waals surface area contributed by atoms with Crippen LogP contribution in [0.4, 0.5) is 0 Å². The molecule has 0 spiro atoms. The first-order chi connectivity index (χ1) is 12.8. The Kier molecular flexibility index (Phi) is 5.11. The van der Waals surface area contributed by atoms with Crippen LogP contribution in [0.2, 0.25) is 0 Å². The molecule has 1 aromatic carbocycles. The highest BCUT2D eigenvalue weighted by Gasteiger charge is 2.24. The minimum Gasteiger partial charge on any atom is -0.296 e. The largest absolute Gasteiger partial charge is 0.296 e. The number of rotatable bonds is 6. The molecule has 3 heterocycles. The predicted octanol–water partition coefficient (Wildman–Crippen LogP) is 2.99. The number of hydrogen-bond donors (Lipinski definition) is 1. The number of nitrogens with zero attached hydrogens (tertiary/aromatic N) is 5. The Hall–Kier alpha value is -2.47. The van der Waals surface area contributed by atoms with Crippen molar-refractivity contribution in [1.29, 1.82) is 0 Å². The normalized spacial score (nSPS) is 16.2. The number of piperidine rings is 1. The highest BCUT2D eigenvalue weighted by molar-refractivity contribution is 5.29. The molecule has 26 heavy (non-hydrogen) atoms. The van der Waals surface area contributed by atoms with Crippen LogP contribution in [0.3, 0.4) is 0 Å². The third-order valence-corrected chi connectivity index (χ3v) is 5.34. The topological polar surface area (TPSA) is 62.6 Å². The lowest BCUT2D eigenvalue weighted by molar-refractivity contribution is 0.195. The Morgan fingerprint density at radius 3 is 2.73 bits per heavy atom.